The summed E-state index contributed by atoms with van der Waals surface area (Å²) in [6.45, 7) is 5.78. The molecule has 9 heavy (non-hydrogen) atoms. The van der Waals surface area contributed by atoms with Crippen LogP contribution in [0, 0.1) is 5.41 Å². The van der Waals surface area contributed by atoms with Crippen molar-refractivity contribution in [3.8, 4) is 0 Å². The molecule has 1 aliphatic rings. The summed E-state index contributed by atoms with van der Waals surface area (Å²) in [5, 5.41) is 8.85. The molecule has 1 rings (SSSR count). The van der Waals surface area contributed by atoms with Crippen molar-refractivity contribution in [3.63, 3.8) is 0 Å². The van der Waals surface area contributed by atoms with Gasteiger partial charge in [-0.3, -0.25) is 4.90 Å². The van der Waals surface area contributed by atoms with Crippen LogP contribution in [0.4, 0.5) is 0 Å². The van der Waals surface area contributed by atoms with Crippen LogP contribution in [0.3, 0.4) is 0 Å². The summed E-state index contributed by atoms with van der Waals surface area (Å²) in [5.41, 5.74) is 0.337. The van der Waals surface area contributed by atoms with Crippen LogP contribution in [-0.2, 0) is 0 Å². The fourth-order valence-corrected chi connectivity index (χ4v) is 1.73. The third-order valence-corrected chi connectivity index (χ3v) is 2.26. The van der Waals surface area contributed by atoms with Crippen LogP contribution in [0.2, 0.25) is 0 Å². The first kappa shape index (κ1) is 7.03. The Labute approximate surface area is 56.5 Å². The first-order valence-electron chi connectivity index (χ1n) is 3.39. The van der Waals surface area contributed by atoms with Crippen molar-refractivity contribution in [2.75, 3.05) is 20.2 Å². The predicted molar refractivity (Wildman–Crippen MR) is 37.3 cm³/mol. The van der Waals surface area contributed by atoms with Gasteiger partial charge in [0.05, 0.1) is 6.61 Å². The summed E-state index contributed by atoms with van der Waals surface area (Å²) < 4.78 is 0. The van der Waals surface area contributed by atoms with Crippen molar-refractivity contribution in [1.29, 1.82) is 0 Å². The van der Waals surface area contributed by atoms with Gasteiger partial charge in [-0.1, -0.05) is 13.8 Å². The van der Waals surface area contributed by atoms with Crippen molar-refractivity contribution in [2.24, 2.45) is 5.41 Å². The summed E-state index contributed by atoms with van der Waals surface area (Å²) in [4.78, 5) is 2.18. The Hall–Kier alpha value is -0.0800. The molecule has 0 aliphatic carbocycles. The molecule has 54 valence electrons. The van der Waals surface area contributed by atoms with Crippen molar-refractivity contribution >= 4 is 0 Å². The monoisotopic (exact) mass is 129 g/mol. The zero-order chi connectivity index (χ0) is 7.07. The maximum Gasteiger partial charge on any atom is 0.0592 e. The second-order valence-electron chi connectivity index (χ2n) is 3.60. The Bertz CT molecular complexity index is 111. The van der Waals surface area contributed by atoms with E-state index < -0.39 is 0 Å². The molecule has 1 heterocycles. The topological polar surface area (TPSA) is 23.5 Å². The van der Waals surface area contributed by atoms with Gasteiger partial charge in [-0.25, -0.2) is 0 Å². The molecule has 1 N–H and O–H groups in total. The van der Waals surface area contributed by atoms with Crippen molar-refractivity contribution < 1.29 is 5.11 Å². The summed E-state index contributed by atoms with van der Waals surface area (Å²) in [6, 6.07) is 0.387. The molecule has 1 saturated heterocycles. The second-order valence-corrected chi connectivity index (χ2v) is 3.60. The minimum Gasteiger partial charge on any atom is -0.395 e. The standard InChI is InChI=1S/C7H15NO/c1-7(2)5-8(3)6(7)4-9/h6,9H,4-5H2,1-3H3/t6-/m1/s1. The average molecular weight is 129 g/mol. The van der Waals surface area contributed by atoms with Gasteiger partial charge < -0.3 is 5.11 Å². The van der Waals surface area contributed by atoms with E-state index in [0.29, 0.717) is 18.1 Å². The van der Waals surface area contributed by atoms with Crippen LogP contribution in [-0.4, -0.2) is 36.2 Å². The Kier molecular flexibility index (Phi) is 1.53. The lowest BCUT2D eigenvalue weighted by Gasteiger charge is -2.51. The van der Waals surface area contributed by atoms with Gasteiger partial charge in [0, 0.05) is 12.6 Å². The molecule has 2 heteroatoms. The Morgan fingerprint density at radius 3 is 2.33 bits per heavy atom. The highest BCUT2D eigenvalue weighted by molar-refractivity contribution is 4.96. The first-order valence-corrected chi connectivity index (χ1v) is 3.39. The van der Waals surface area contributed by atoms with E-state index in [0.717, 1.165) is 6.54 Å². The minimum atomic E-state index is 0.295. The van der Waals surface area contributed by atoms with Crippen molar-refractivity contribution in [1.82, 2.24) is 4.90 Å². The molecule has 0 saturated carbocycles. The normalized spacial score (nSPS) is 34.0. The van der Waals surface area contributed by atoms with E-state index in [1.165, 1.54) is 0 Å². The number of aliphatic hydroxyl groups is 1. The quantitative estimate of drug-likeness (QED) is 0.551. The highest BCUT2D eigenvalue weighted by Crippen LogP contribution is 2.34. The van der Waals surface area contributed by atoms with E-state index in [2.05, 4.69) is 18.7 Å². The second kappa shape index (κ2) is 1.96. The number of likely N-dealkylation sites (N-methyl/N-ethyl adjacent to an activating group) is 1. The van der Waals surface area contributed by atoms with Gasteiger partial charge in [0.15, 0.2) is 0 Å². The lowest BCUT2D eigenvalue weighted by atomic mass is 9.76. The summed E-state index contributed by atoms with van der Waals surface area (Å²) in [5.74, 6) is 0. The molecule has 1 fully saturated rings. The van der Waals surface area contributed by atoms with Gasteiger partial charge in [0.25, 0.3) is 0 Å². The Morgan fingerprint density at radius 1 is 1.67 bits per heavy atom. The van der Waals surface area contributed by atoms with Crippen molar-refractivity contribution in [2.45, 2.75) is 19.9 Å². The van der Waals surface area contributed by atoms with E-state index in [1.807, 2.05) is 7.05 Å². The fraction of sp³-hybridized carbons (Fsp3) is 1.00. The summed E-state index contributed by atoms with van der Waals surface area (Å²) >= 11 is 0. The number of aliphatic hydroxyl groups excluding tert-OH is 1. The van der Waals surface area contributed by atoms with Gasteiger partial charge in [-0.2, -0.15) is 0 Å². The molecule has 0 amide bonds. The van der Waals surface area contributed by atoms with Gasteiger partial charge in [-0.15, -0.1) is 0 Å². The molecule has 0 bridgehead atoms. The van der Waals surface area contributed by atoms with E-state index in [9.17, 15) is 0 Å². The molecule has 0 spiro atoms. The lowest BCUT2D eigenvalue weighted by molar-refractivity contribution is -0.0576. The number of likely N-dealkylation sites (tertiary alicyclic amines) is 1. The zero-order valence-electron chi connectivity index (χ0n) is 6.39. The third-order valence-electron chi connectivity index (χ3n) is 2.26. The molecule has 0 aromatic heterocycles. The van der Waals surface area contributed by atoms with E-state index in [-0.39, 0.29) is 0 Å². The first-order chi connectivity index (χ1) is 4.08. The SMILES string of the molecule is CN1CC(C)(C)[C@H]1CO. The lowest BCUT2D eigenvalue weighted by Crippen LogP contribution is -2.61. The van der Waals surface area contributed by atoms with E-state index >= 15 is 0 Å². The molecule has 1 atom stereocenters. The molecular formula is C7H15NO. The molecule has 2 nitrogen and oxygen atoms in total. The van der Waals surface area contributed by atoms with Crippen LogP contribution < -0.4 is 0 Å². The largest absolute Gasteiger partial charge is 0.395 e. The summed E-state index contributed by atoms with van der Waals surface area (Å²) in [6.07, 6.45) is 0. The predicted octanol–water partition coefficient (Wildman–Crippen LogP) is 0.319. The van der Waals surface area contributed by atoms with Crippen LogP contribution in [0.15, 0.2) is 0 Å². The van der Waals surface area contributed by atoms with E-state index in [1.54, 1.807) is 0 Å². The van der Waals surface area contributed by atoms with Gasteiger partial charge in [-0.05, 0) is 12.5 Å². The van der Waals surface area contributed by atoms with Gasteiger partial charge in [0.1, 0.15) is 0 Å². The van der Waals surface area contributed by atoms with Crippen LogP contribution >= 0.6 is 0 Å². The molecule has 0 unspecified atom stereocenters. The highest BCUT2D eigenvalue weighted by atomic mass is 16.3. The highest BCUT2D eigenvalue weighted by Gasteiger charge is 2.42. The molecule has 1 aliphatic heterocycles. The average Bonchev–Trinajstić information content (AvgIpc) is 1.63. The summed E-state index contributed by atoms with van der Waals surface area (Å²) in [7, 11) is 2.05. The number of nitrogens with zero attached hydrogens (tertiary/aromatic N) is 1. The van der Waals surface area contributed by atoms with Crippen LogP contribution in [0.5, 0.6) is 0 Å². The smallest absolute Gasteiger partial charge is 0.0592 e. The van der Waals surface area contributed by atoms with Gasteiger partial charge >= 0.3 is 0 Å². The number of hydrogen-bond donors (Lipinski definition) is 1. The minimum absolute atomic E-state index is 0.295. The van der Waals surface area contributed by atoms with Crippen LogP contribution in [0.1, 0.15) is 13.8 Å². The number of hydrogen-bond acceptors (Lipinski definition) is 2. The zero-order valence-corrected chi connectivity index (χ0v) is 6.39. The molecule has 0 aromatic rings. The molecule has 0 radical (unpaired) electrons. The fourth-order valence-electron chi connectivity index (χ4n) is 1.73. The Morgan fingerprint density at radius 2 is 2.22 bits per heavy atom. The third kappa shape index (κ3) is 0.970. The Balaban J connectivity index is 2.48. The molecule has 0 aromatic carbocycles. The van der Waals surface area contributed by atoms with E-state index in [4.69, 9.17) is 5.11 Å². The van der Waals surface area contributed by atoms with Crippen molar-refractivity contribution in [3.05, 3.63) is 0 Å². The van der Waals surface area contributed by atoms with Crippen LogP contribution in [0.25, 0.3) is 0 Å². The number of rotatable bonds is 1. The maximum absolute atomic E-state index is 8.85. The maximum atomic E-state index is 8.85. The molecular weight excluding hydrogens is 114 g/mol. The van der Waals surface area contributed by atoms with Gasteiger partial charge in [0.2, 0.25) is 0 Å².